The van der Waals surface area contributed by atoms with E-state index in [-0.39, 0.29) is 39.6 Å². The third-order valence-electron chi connectivity index (χ3n) is 2.96. The molecule has 0 aliphatic carbocycles. The van der Waals surface area contributed by atoms with Crippen LogP contribution in [0.1, 0.15) is 53.4 Å². The topological polar surface area (TPSA) is 68.3 Å². The first-order valence-corrected chi connectivity index (χ1v) is 11.0. The Labute approximate surface area is 107 Å². The molecule has 0 aromatic rings. The standard InChI is InChI=1S/4C3H5O.Zr/c4*1-2-3-4;/h4*2H2,1H3;. The summed E-state index contributed by atoms with van der Waals surface area (Å²) >= 11 is -4.66. The first kappa shape index (κ1) is 16.6. The molecule has 0 saturated heterocycles. The zero-order valence-electron chi connectivity index (χ0n) is 11.0. The van der Waals surface area contributed by atoms with Gasteiger partial charge >= 0.3 is 107 Å². The molecule has 0 atom stereocenters. The van der Waals surface area contributed by atoms with E-state index in [2.05, 4.69) is 0 Å². The van der Waals surface area contributed by atoms with Crippen LogP contribution in [0.2, 0.25) is 0 Å². The predicted molar refractivity (Wildman–Crippen MR) is 61.2 cm³/mol. The van der Waals surface area contributed by atoms with Crippen molar-refractivity contribution in [2.75, 3.05) is 0 Å². The molecule has 5 heteroatoms. The molecule has 96 valence electrons. The third kappa shape index (κ3) is 2.87. The quantitative estimate of drug-likeness (QED) is 0.685. The van der Waals surface area contributed by atoms with Crippen LogP contribution in [-0.2, 0) is 39.4 Å². The zero-order valence-corrected chi connectivity index (χ0v) is 13.4. The van der Waals surface area contributed by atoms with Gasteiger partial charge in [-0.2, -0.15) is 0 Å². The summed E-state index contributed by atoms with van der Waals surface area (Å²) in [6.45, 7) is 6.46. The van der Waals surface area contributed by atoms with Crippen LogP contribution in [0.3, 0.4) is 0 Å². The summed E-state index contributed by atoms with van der Waals surface area (Å²) in [5.41, 5.74) is 0. The SMILES string of the molecule is CC[C](=O)[Zr]([C](=O)CC)([C](=O)CC)[C](=O)CC. The molecule has 0 bridgehead atoms. The van der Waals surface area contributed by atoms with E-state index in [1.165, 1.54) is 0 Å². The maximum atomic E-state index is 12.1. The summed E-state index contributed by atoms with van der Waals surface area (Å²) in [6, 6.07) is 0. The molecule has 0 aromatic carbocycles. The average molecular weight is 320 g/mol. The van der Waals surface area contributed by atoms with Gasteiger partial charge in [0.15, 0.2) is 0 Å². The molecule has 0 N–H and O–H groups in total. The van der Waals surface area contributed by atoms with Crippen molar-refractivity contribution in [3.8, 4) is 0 Å². The molecule has 0 aliphatic heterocycles. The Kier molecular flexibility index (Phi) is 6.92. The van der Waals surface area contributed by atoms with E-state index in [1.807, 2.05) is 0 Å². The molecule has 0 unspecified atom stereocenters. The fraction of sp³-hybridized carbons (Fsp3) is 0.667. The van der Waals surface area contributed by atoms with Gasteiger partial charge in [-0.15, -0.1) is 0 Å². The normalized spacial score (nSPS) is 11.1. The fourth-order valence-electron chi connectivity index (χ4n) is 1.99. The number of carbonyl (C=O) groups excluding carboxylic acids is 4. The molecular formula is C12H20O4Zr. The average Bonchev–Trinajstić information content (AvgIpc) is 2.37. The second-order valence-electron chi connectivity index (χ2n) is 3.86. The molecule has 0 radical (unpaired) electrons. The predicted octanol–water partition coefficient (Wildman–Crippen LogP) is 1.89. The Bertz CT molecular complexity index is 277. The molecule has 4 nitrogen and oxygen atoms in total. The second-order valence-corrected chi connectivity index (χ2v) is 13.0. The zero-order chi connectivity index (χ0) is 13.6. The van der Waals surface area contributed by atoms with E-state index in [1.54, 1.807) is 27.7 Å². The van der Waals surface area contributed by atoms with Gasteiger partial charge in [-0.05, 0) is 0 Å². The summed E-state index contributed by atoms with van der Waals surface area (Å²) in [5, 5.41) is 0. The van der Waals surface area contributed by atoms with E-state index in [4.69, 9.17) is 0 Å². The van der Waals surface area contributed by atoms with Crippen LogP contribution in [0.5, 0.6) is 0 Å². The number of carbonyl (C=O) groups is 4. The third-order valence-corrected chi connectivity index (χ3v) is 14.7. The Morgan fingerprint density at radius 2 is 0.765 bits per heavy atom. The number of hydrogen-bond donors (Lipinski definition) is 0. The molecule has 0 saturated carbocycles. The van der Waals surface area contributed by atoms with Gasteiger partial charge in [-0.1, -0.05) is 0 Å². The van der Waals surface area contributed by atoms with Crippen LogP contribution in [0.15, 0.2) is 0 Å². The number of rotatable bonds is 8. The van der Waals surface area contributed by atoms with Crippen molar-refractivity contribution in [1.82, 2.24) is 0 Å². The first-order valence-electron chi connectivity index (χ1n) is 6.06. The molecule has 0 heterocycles. The van der Waals surface area contributed by atoms with Gasteiger partial charge in [-0.25, -0.2) is 0 Å². The summed E-state index contributed by atoms with van der Waals surface area (Å²) in [7, 11) is 0. The molecule has 0 spiro atoms. The Hall–Kier alpha value is -0.437. The second kappa shape index (κ2) is 7.10. The van der Waals surface area contributed by atoms with Crippen molar-refractivity contribution in [2.24, 2.45) is 0 Å². The summed E-state index contributed by atoms with van der Waals surface area (Å²) in [4.78, 5) is 48.3. The van der Waals surface area contributed by atoms with Gasteiger partial charge in [0.05, 0.1) is 0 Å². The van der Waals surface area contributed by atoms with E-state index in [0.29, 0.717) is 0 Å². The van der Waals surface area contributed by atoms with E-state index in [0.717, 1.165) is 0 Å². The fourth-order valence-corrected chi connectivity index (χ4v) is 11.8. The Morgan fingerprint density at radius 1 is 0.588 bits per heavy atom. The molecule has 0 aliphatic rings. The van der Waals surface area contributed by atoms with Gasteiger partial charge in [0.1, 0.15) is 0 Å². The minimum absolute atomic E-state index is 0.110. The van der Waals surface area contributed by atoms with Crippen molar-refractivity contribution in [3.63, 3.8) is 0 Å². The van der Waals surface area contributed by atoms with Gasteiger partial charge in [0.2, 0.25) is 0 Å². The van der Waals surface area contributed by atoms with Gasteiger partial charge in [0.25, 0.3) is 0 Å². The molecule has 0 rings (SSSR count). The van der Waals surface area contributed by atoms with E-state index in [9.17, 15) is 19.2 Å². The van der Waals surface area contributed by atoms with Crippen LogP contribution in [0.25, 0.3) is 0 Å². The Morgan fingerprint density at radius 3 is 0.882 bits per heavy atom. The Balaban J connectivity index is 5.88. The van der Waals surface area contributed by atoms with Crippen LogP contribution in [-0.4, -0.2) is 14.0 Å². The van der Waals surface area contributed by atoms with Crippen molar-refractivity contribution in [2.45, 2.75) is 53.4 Å². The van der Waals surface area contributed by atoms with Crippen LogP contribution in [0, 0.1) is 0 Å². The molecule has 0 amide bonds. The van der Waals surface area contributed by atoms with Crippen LogP contribution in [0.4, 0.5) is 0 Å². The van der Waals surface area contributed by atoms with E-state index < -0.39 is 20.3 Å². The molecule has 17 heavy (non-hydrogen) atoms. The van der Waals surface area contributed by atoms with Gasteiger partial charge < -0.3 is 0 Å². The maximum absolute atomic E-state index is 12.1. The van der Waals surface area contributed by atoms with Crippen molar-refractivity contribution in [3.05, 3.63) is 0 Å². The molecule has 0 aromatic heterocycles. The van der Waals surface area contributed by atoms with Crippen molar-refractivity contribution >= 4 is 14.0 Å². The van der Waals surface area contributed by atoms with Crippen LogP contribution >= 0.6 is 0 Å². The monoisotopic (exact) mass is 318 g/mol. The van der Waals surface area contributed by atoms with Crippen molar-refractivity contribution < 1.29 is 39.4 Å². The van der Waals surface area contributed by atoms with Gasteiger partial charge in [0, 0.05) is 0 Å². The molecule has 0 fully saturated rings. The minimum atomic E-state index is -4.66. The summed E-state index contributed by atoms with van der Waals surface area (Å²) in [6.07, 6.45) is 0.442. The molecular weight excluding hydrogens is 299 g/mol. The first-order chi connectivity index (χ1) is 7.93. The van der Waals surface area contributed by atoms with E-state index >= 15 is 0 Å². The van der Waals surface area contributed by atoms with Gasteiger partial charge in [-0.3, -0.25) is 0 Å². The number of hydrogen-bond acceptors (Lipinski definition) is 4. The summed E-state index contributed by atoms with van der Waals surface area (Å²) < 4.78 is -1.43. The van der Waals surface area contributed by atoms with Crippen LogP contribution < -0.4 is 0 Å². The van der Waals surface area contributed by atoms with Crippen molar-refractivity contribution in [1.29, 1.82) is 0 Å². The summed E-state index contributed by atoms with van der Waals surface area (Å²) in [5.74, 6) is 0.